The third kappa shape index (κ3) is 12.1. The van der Waals surface area contributed by atoms with Crippen LogP contribution in [0.1, 0.15) is 125 Å². The first kappa shape index (κ1) is 58.0. The predicted molar refractivity (Wildman–Crippen MR) is 218 cm³/mol. The normalized spacial score (nSPS) is 14.6. The number of unbranched alkanes of at least 4 members (excludes halogenated alkanes) is 6. The van der Waals surface area contributed by atoms with Crippen LogP contribution in [-0.4, -0.2) is 95.1 Å². The van der Waals surface area contributed by atoms with Crippen molar-refractivity contribution in [3.05, 3.63) is 12.0 Å². The summed E-state index contributed by atoms with van der Waals surface area (Å²) in [7, 11) is -10.4. The molecule has 1 heterocycles. The second kappa shape index (κ2) is 22.5. The standard InChI is InChI=1S/C14H7F13O4S3.6C4H9.2Sn/c1-2-33(28,29)7-5-32-6-8(7)34(30,31)4-3-9(15,16)10(17,18)11(19,20)12(21,22)13(23,24)14(25,26)27;6*1-3-4-2;;/h2H,1,3-4H2;6*1,3-4H2,2H3;;. The molecular weight excluding hydrogens is 1100 g/mol. The van der Waals surface area contributed by atoms with Gasteiger partial charge in [0, 0.05) is 0 Å². The maximum absolute atomic E-state index is 15.3. The molecule has 0 N–H and O–H groups in total. The molecule has 0 atom stereocenters. The summed E-state index contributed by atoms with van der Waals surface area (Å²) in [4.78, 5) is -1.56. The van der Waals surface area contributed by atoms with E-state index in [1.807, 2.05) is 41.5 Å². The molecule has 0 aliphatic rings. The van der Waals surface area contributed by atoms with Gasteiger partial charge in [-0.05, 0) is 0 Å². The number of sulfone groups is 2. The summed E-state index contributed by atoms with van der Waals surface area (Å²) >= 11 is -7.43. The summed E-state index contributed by atoms with van der Waals surface area (Å²) in [6.07, 6.45) is -2.90. The van der Waals surface area contributed by atoms with Crippen molar-refractivity contribution in [3.8, 4) is 0 Å². The zero-order valence-corrected chi connectivity index (χ0v) is 43.4. The van der Waals surface area contributed by atoms with Gasteiger partial charge in [0.1, 0.15) is 0 Å². The minimum atomic E-state index is -8.14. The van der Waals surface area contributed by atoms with Crippen LogP contribution in [0.5, 0.6) is 0 Å². The Labute approximate surface area is 359 Å². The van der Waals surface area contributed by atoms with Gasteiger partial charge in [0.25, 0.3) is 0 Å². The zero-order valence-electron chi connectivity index (χ0n) is 35.2. The third-order valence-electron chi connectivity index (χ3n) is 11.3. The molecule has 0 aliphatic carbocycles. The van der Waals surface area contributed by atoms with E-state index in [0.717, 1.165) is 11.3 Å². The van der Waals surface area contributed by atoms with Crippen molar-refractivity contribution < 1.29 is 73.9 Å². The van der Waals surface area contributed by atoms with Gasteiger partial charge < -0.3 is 0 Å². The van der Waals surface area contributed by atoms with Crippen LogP contribution in [0.4, 0.5) is 57.1 Å². The summed E-state index contributed by atoms with van der Waals surface area (Å²) < 4.78 is 245. The van der Waals surface area contributed by atoms with Crippen molar-refractivity contribution in [1.82, 2.24) is 0 Å². The zero-order chi connectivity index (χ0) is 46.9. The van der Waals surface area contributed by atoms with Gasteiger partial charge in [-0.2, -0.15) is 0 Å². The Morgan fingerprint density at radius 1 is 0.500 bits per heavy atom. The van der Waals surface area contributed by atoms with Crippen LogP contribution >= 0.6 is 11.3 Å². The Morgan fingerprint density at radius 3 is 1.08 bits per heavy atom. The Morgan fingerprint density at radius 2 is 0.800 bits per heavy atom. The van der Waals surface area contributed by atoms with E-state index in [-0.39, 0.29) is 2.89 Å². The molecule has 0 bridgehead atoms. The van der Waals surface area contributed by atoms with E-state index in [1.54, 1.807) is 0 Å². The van der Waals surface area contributed by atoms with E-state index in [0.29, 0.717) is 112 Å². The van der Waals surface area contributed by atoms with Crippen molar-refractivity contribution >= 4 is 73.6 Å². The molecule has 60 heavy (non-hydrogen) atoms. The molecule has 354 valence electrons. The van der Waals surface area contributed by atoms with Gasteiger partial charge in [-0.1, -0.05) is 0 Å². The van der Waals surface area contributed by atoms with Crippen LogP contribution in [0.3, 0.4) is 0 Å². The number of hydrogen-bond donors (Lipinski definition) is 0. The van der Waals surface area contributed by atoms with E-state index < -0.39 is 114 Å². The van der Waals surface area contributed by atoms with Gasteiger partial charge in [0.2, 0.25) is 0 Å². The topological polar surface area (TPSA) is 68.3 Å². The van der Waals surface area contributed by atoms with Crippen LogP contribution in [0.15, 0.2) is 21.8 Å². The first-order valence-electron chi connectivity index (χ1n) is 20.6. The summed E-state index contributed by atoms with van der Waals surface area (Å²) in [6.45, 7) is 14.8. The number of alkyl halides is 13. The minimum absolute atomic E-state index is 0.192. The monoisotopic (exact) mass is 1160 g/mol. The first-order valence-corrected chi connectivity index (χ1v) is 39.6. The van der Waals surface area contributed by atoms with Gasteiger partial charge >= 0.3 is 362 Å². The molecule has 0 spiro atoms. The van der Waals surface area contributed by atoms with Gasteiger partial charge in [-0.25, -0.2) is 0 Å². The molecule has 0 saturated carbocycles. The number of hydrogen-bond acceptors (Lipinski definition) is 5. The molecule has 0 fully saturated rings. The average molecular weight is 1160 g/mol. The predicted octanol–water partition coefficient (Wildman–Crippen LogP) is 13.7. The summed E-state index contributed by atoms with van der Waals surface area (Å²) in [6, 6.07) is 0. The second-order valence-electron chi connectivity index (χ2n) is 15.9. The third-order valence-corrected chi connectivity index (χ3v) is 53.7. The van der Waals surface area contributed by atoms with Crippen LogP contribution in [0.25, 0.3) is 0 Å². The van der Waals surface area contributed by atoms with Crippen LogP contribution < -0.4 is 5.79 Å². The van der Waals surface area contributed by atoms with Crippen LogP contribution in [0.2, 0.25) is 26.6 Å². The molecule has 0 amide bonds. The molecule has 1 aromatic heterocycles. The van der Waals surface area contributed by atoms with Gasteiger partial charge in [0.15, 0.2) is 0 Å². The van der Waals surface area contributed by atoms with Gasteiger partial charge in [0.05, 0.1) is 0 Å². The molecule has 1 rings (SSSR count). The van der Waals surface area contributed by atoms with E-state index in [4.69, 9.17) is 0 Å². The van der Waals surface area contributed by atoms with Crippen molar-refractivity contribution in [1.29, 1.82) is 0 Å². The van der Waals surface area contributed by atoms with E-state index in [2.05, 4.69) is 6.58 Å². The van der Waals surface area contributed by atoms with Crippen molar-refractivity contribution in [2.45, 2.75) is 197 Å². The molecule has 0 saturated heterocycles. The molecule has 4 nitrogen and oxygen atoms in total. The Bertz CT molecular complexity index is 1700. The van der Waals surface area contributed by atoms with Gasteiger partial charge in [-0.3, -0.25) is 0 Å². The molecular formula is C38H61F13O4S3Sn2. The fourth-order valence-corrected chi connectivity index (χ4v) is 59.9. The number of rotatable bonds is 30. The van der Waals surface area contributed by atoms with Crippen LogP contribution in [0, 0.1) is 0 Å². The van der Waals surface area contributed by atoms with Crippen molar-refractivity contribution in [2.75, 3.05) is 5.75 Å². The summed E-state index contributed by atoms with van der Waals surface area (Å²) in [5.74, 6) is -40.7. The Balaban J connectivity index is 4.61. The second-order valence-corrected chi connectivity index (χ2v) is 48.9. The Hall–Kier alpha value is 0.0274. The SMILES string of the molecule is C=CS(=O)(=O)c1[c]([Sn]([CH2]CCC)([CH2]CCC)[CH2]CCC)s[c]([Sn]([CH2]CCC)([CH2]CCC)[CH2]CCC)c1S(=O)(=O)CCC(F)(F)C(F)(F)C(F)(F)C(F)(F)C(F)(F)C(F)(F)F. The fourth-order valence-electron chi connectivity index (χ4n) is 7.57. The molecule has 0 radical (unpaired) electrons. The Kier molecular flexibility index (Phi) is 21.7. The molecule has 0 aliphatic heterocycles. The quantitative estimate of drug-likeness (QED) is 0.0569. The maximum atomic E-state index is 15.3. The molecule has 1 aromatic rings. The van der Waals surface area contributed by atoms with Crippen molar-refractivity contribution in [2.24, 2.45) is 0 Å². The average Bonchev–Trinajstić information content (AvgIpc) is 3.60. The first-order chi connectivity index (χ1) is 27.4. The van der Waals surface area contributed by atoms with Crippen LogP contribution in [-0.2, 0) is 19.7 Å². The van der Waals surface area contributed by atoms with Crippen molar-refractivity contribution in [3.63, 3.8) is 0 Å². The fraction of sp³-hybridized carbons (Fsp3) is 0.842. The summed E-state index contributed by atoms with van der Waals surface area (Å²) in [5.41, 5.74) is 0. The molecule has 22 heteroatoms. The molecule has 0 aromatic carbocycles. The van der Waals surface area contributed by atoms with E-state index in [9.17, 15) is 65.1 Å². The van der Waals surface area contributed by atoms with E-state index >= 15 is 8.78 Å². The summed E-state index contributed by atoms with van der Waals surface area (Å²) in [5, 5.41) is 0.505. The van der Waals surface area contributed by atoms with E-state index in [1.165, 1.54) is 0 Å². The number of halogens is 13. The van der Waals surface area contributed by atoms with Gasteiger partial charge in [-0.15, -0.1) is 0 Å². The number of thiophene rings is 1. The molecule has 0 unspecified atom stereocenters.